The van der Waals surface area contributed by atoms with E-state index in [9.17, 15) is 9.18 Å². The molecule has 7 heteroatoms. The molecule has 2 aromatic rings. The first kappa shape index (κ1) is 14.6. The van der Waals surface area contributed by atoms with Crippen LogP contribution in [-0.4, -0.2) is 17.9 Å². The summed E-state index contributed by atoms with van der Waals surface area (Å²) in [6.45, 7) is 0. The SMILES string of the molecule is CNc1ncc(C(=O)Nc2c(F)cccc2Cl)cc1Cl. The minimum Gasteiger partial charge on any atom is -0.372 e. The number of nitrogens with zero attached hydrogens (tertiary/aromatic N) is 1. The van der Waals surface area contributed by atoms with Crippen LogP contribution in [0.15, 0.2) is 30.5 Å². The average molecular weight is 314 g/mol. The average Bonchev–Trinajstić information content (AvgIpc) is 2.42. The molecule has 1 aromatic carbocycles. The fraction of sp³-hybridized carbons (Fsp3) is 0.0769. The Morgan fingerprint density at radius 2 is 2.05 bits per heavy atom. The number of aromatic nitrogens is 1. The van der Waals surface area contributed by atoms with Crippen LogP contribution >= 0.6 is 23.2 Å². The number of nitrogens with one attached hydrogen (secondary N) is 2. The van der Waals surface area contributed by atoms with Crippen molar-refractivity contribution >= 4 is 40.6 Å². The molecule has 0 saturated heterocycles. The number of carbonyl (C=O) groups is 1. The Morgan fingerprint density at radius 1 is 1.30 bits per heavy atom. The minimum absolute atomic E-state index is 0.0759. The number of hydrogen-bond donors (Lipinski definition) is 2. The molecular formula is C13H10Cl2FN3O. The molecule has 0 aliphatic heterocycles. The second-order valence-electron chi connectivity index (χ2n) is 3.86. The van der Waals surface area contributed by atoms with Crippen LogP contribution in [-0.2, 0) is 0 Å². The van der Waals surface area contributed by atoms with E-state index in [4.69, 9.17) is 23.2 Å². The van der Waals surface area contributed by atoms with E-state index in [1.165, 1.54) is 30.5 Å². The van der Waals surface area contributed by atoms with Crippen molar-refractivity contribution in [2.45, 2.75) is 0 Å². The summed E-state index contributed by atoms with van der Waals surface area (Å²) in [4.78, 5) is 16.0. The summed E-state index contributed by atoms with van der Waals surface area (Å²) in [7, 11) is 1.66. The molecule has 1 amide bonds. The molecule has 0 aliphatic rings. The predicted molar refractivity (Wildman–Crippen MR) is 78.2 cm³/mol. The quantitative estimate of drug-likeness (QED) is 0.905. The van der Waals surface area contributed by atoms with E-state index in [2.05, 4.69) is 15.6 Å². The van der Waals surface area contributed by atoms with Gasteiger partial charge < -0.3 is 10.6 Å². The van der Waals surface area contributed by atoms with Crippen LogP contribution in [0.5, 0.6) is 0 Å². The van der Waals surface area contributed by atoms with Crippen molar-refractivity contribution in [3.05, 3.63) is 51.9 Å². The summed E-state index contributed by atoms with van der Waals surface area (Å²) >= 11 is 11.8. The smallest absolute Gasteiger partial charge is 0.257 e. The van der Waals surface area contributed by atoms with Crippen LogP contribution in [0.25, 0.3) is 0 Å². The van der Waals surface area contributed by atoms with E-state index in [0.717, 1.165) is 0 Å². The lowest BCUT2D eigenvalue weighted by Crippen LogP contribution is -2.14. The molecule has 0 radical (unpaired) electrons. The molecule has 2 N–H and O–H groups in total. The number of para-hydroxylation sites is 1. The first-order valence-electron chi connectivity index (χ1n) is 5.61. The predicted octanol–water partition coefficient (Wildman–Crippen LogP) is 3.82. The van der Waals surface area contributed by atoms with Crippen LogP contribution in [0.2, 0.25) is 10.0 Å². The third-order valence-corrected chi connectivity index (χ3v) is 3.14. The maximum atomic E-state index is 13.6. The highest BCUT2D eigenvalue weighted by Crippen LogP contribution is 2.26. The van der Waals surface area contributed by atoms with Crippen LogP contribution in [0.3, 0.4) is 0 Å². The highest BCUT2D eigenvalue weighted by Gasteiger charge is 2.14. The Hall–Kier alpha value is -1.85. The van der Waals surface area contributed by atoms with Gasteiger partial charge in [0.2, 0.25) is 0 Å². The molecule has 0 bridgehead atoms. The Bertz CT molecular complexity index is 644. The molecule has 0 unspecified atom stereocenters. The second-order valence-corrected chi connectivity index (χ2v) is 4.67. The lowest BCUT2D eigenvalue weighted by Gasteiger charge is -2.09. The lowest BCUT2D eigenvalue weighted by molar-refractivity contribution is 0.102. The first-order valence-corrected chi connectivity index (χ1v) is 6.37. The van der Waals surface area contributed by atoms with Gasteiger partial charge in [0.05, 0.1) is 21.3 Å². The molecule has 1 heterocycles. The standard InChI is InChI=1S/C13H10Cl2FN3O/c1-17-12-9(15)5-7(6-18-12)13(20)19-11-8(14)3-2-4-10(11)16/h2-6H,1H3,(H,17,18)(H,19,20). The Kier molecular flexibility index (Phi) is 4.42. The van der Waals surface area contributed by atoms with Gasteiger partial charge in [-0.3, -0.25) is 4.79 Å². The zero-order valence-electron chi connectivity index (χ0n) is 10.4. The molecule has 0 saturated carbocycles. The van der Waals surface area contributed by atoms with Gasteiger partial charge in [-0.1, -0.05) is 29.3 Å². The number of amides is 1. The van der Waals surface area contributed by atoms with Crippen molar-refractivity contribution in [1.82, 2.24) is 4.98 Å². The van der Waals surface area contributed by atoms with Gasteiger partial charge in [0.25, 0.3) is 5.91 Å². The molecule has 0 aliphatic carbocycles. The largest absolute Gasteiger partial charge is 0.372 e. The minimum atomic E-state index is -0.614. The number of halogens is 3. The third-order valence-electron chi connectivity index (χ3n) is 2.54. The molecule has 0 fully saturated rings. The van der Waals surface area contributed by atoms with E-state index in [0.29, 0.717) is 10.8 Å². The number of benzene rings is 1. The number of pyridine rings is 1. The van der Waals surface area contributed by atoms with Gasteiger partial charge in [-0.25, -0.2) is 9.37 Å². The highest BCUT2D eigenvalue weighted by molar-refractivity contribution is 6.34. The molecule has 1 aromatic heterocycles. The molecule has 4 nitrogen and oxygen atoms in total. The van der Waals surface area contributed by atoms with Crippen molar-refractivity contribution < 1.29 is 9.18 Å². The van der Waals surface area contributed by atoms with Crippen molar-refractivity contribution in [2.75, 3.05) is 17.7 Å². The summed E-state index contributed by atoms with van der Waals surface area (Å²) in [5.74, 6) is -0.710. The van der Waals surface area contributed by atoms with E-state index >= 15 is 0 Å². The maximum absolute atomic E-state index is 13.6. The van der Waals surface area contributed by atoms with E-state index < -0.39 is 11.7 Å². The zero-order chi connectivity index (χ0) is 14.7. The fourth-order valence-corrected chi connectivity index (χ4v) is 2.02. The van der Waals surface area contributed by atoms with Gasteiger partial charge in [0.1, 0.15) is 11.6 Å². The van der Waals surface area contributed by atoms with Gasteiger partial charge in [0.15, 0.2) is 0 Å². The summed E-state index contributed by atoms with van der Waals surface area (Å²) < 4.78 is 13.6. The topological polar surface area (TPSA) is 54.0 Å². The molecule has 0 atom stereocenters. The summed E-state index contributed by atoms with van der Waals surface area (Å²) in [5, 5.41) is 5.57. The van der Waals surface area contributed by atoms with Gasteiger partial charge in [-0.05, 0) is 18.2 Å². The molecule has 104 valence electrons. The number of hydrogen-bond acceptors (Lipinski definition) is 3. The number of anilines is 2. The Morgan fingerprint density at radius 3 is 2.65 bits per heavy atom. The normalized spacial score (nSPS) is 10.2. The highest BCUT2D eigenvalue weighted by atomic mass is 35.5. The van der Waals surface area contributed by atoms with Crippen molar-refractivity contribution in [2.24, 2.45) is 0 Å². The van der Waals surface area contributed by atoms with Gasteiger partial charge >= 0.3 is 0 Å². The van der Waals surface area contributed by atoms with Crippen LogP contribution in [0, 0.1) is 5.82 Å². The lowest BCUT2D eigenvalue weighted by atomic mass is 10.2. The van der Waals surface area contributed by atoms with Crippen LogP contribution in [0.1, 0.15) is 10.4 Å². The number of carbonyl (C=O) groups excluding carboxylic acids is 1. The van der Waals surface area contributed by atoms with Crippen molar-refractivity contribution in [3.8, 4) is 0 Å². The Balaban J connectivity index is 2.26. The monoisotopic (exact) mass is 313 g/mol. The summed E-state index contributed by atoms with van der Waals surface area (Å²) in [5.41, 5.74) is 0.126. The Labute approximate surface area is 124 Å². The number of rotatable bonds is 3. The maximum Gasteiger partial charge on any atom is 0.257 e. The van der Waals surface area contributed by atoms with Crippen molar-refractivity contribution in [1.29, 1.82) is 0 Å². The fourth-order valence-electron chi connectivity index (χ4n) is 1.55. The molecule has 20 heavy (non-hydrogen) atoms. The second kappa shape index (κ2) is 6.07. The van der Waals surface area contributed by atoms with Crippen LogP contribution < -0.4 is 10.6 Å². The van der Waals surface area contributed by atoms with Crippen molar-refractivity contribution in [3.63, 3.8) is 0 Å². The third kappa shape index (κ3) is 3.00. The van der Waals surface area contributed by atoms with Gasteiger partial charge in [0, 0.05) is 13.2 Å². The molecule has 2 rings (SSSR count). The van der Waals surface area contributed by atoms with E-state index in [1.54, 1.807) is 7.05 Å². The first-order chi connectivity index (χ1) is 9.52. The van der Waals surface area contributed by atoms with E-state index in [1.807, 2.05) is 0 Å². The zero-order valence-corrected chi connectivity index (χ0v) is 11.9. The van der Waals surface area contributed by atoms with Gasteiger partial charge in [-0.15, -0.1) is 0 Å². The summed E-state index contributed by atoms with van der Waals surface area (Å²) in [6.07, 6.45) is 1.34. The van der Waals surface area contributed by atoms with Crippen LogP contribution in [0.4, 0.5) is 15.9 Å². The molecular weight excluding hydrogens is 304 g/mol. The van der Waals surface area contributed by atoms with Gasteiger partial charge in [-0.2, -0.15) is 0 Å². The van der Waals surface area contributed by atoms with E-state index in [-0.39, 0.29) is 16.3 Å². The summed E-state index contributed by atoms with van der Waals surface area (Å²) in [6, 6.07) is 5.57. The molecule has 0 spiro atoms.